The van der Waals surface area contributed by atoms with Crippen molar-refractivity contribution in [3.63, 3.8) is 0 Å². The molecule has 6 rings (SSSR count). The molecule has 0 spiro atoms. The van der Waals surface area contributed by atoms with Crippen molar-refractivity contribution in [3.05, 3.63) is 63.5 Å². The summed E-state index contributed by atoms with van der Waals surface area (Å²) < 4.78 is 8.50. The van der Waals surface area contributed by atoms with Gasteiger partial charge in [0.2, 0.25) is 17.3 Å². The quantitative estimate of drug-likeness (QED) is 0.295. The van der Waals surface area contributed by atoms with E-state index in [0.29, 0.717) is 24.1 Å². The lowest BCUT2D eigenvalue weighted by Crippen LogP contribution is -2.48. The van der Waals surface area contributed by atoms with E-state index in [1.165, 1.54) is 11.3 Å². The summed E-state index contributed by atoms with van der Waals surface area (Å²) in [6, 6.07) is 16.6. The summed E-state index contributed by atoms with van der Waals surface area (Å²) in [4.78, 5) is 14.0. The zero-order valence-corrected chi connectivity index (χ0v) is 22.3. The number of benzene rings is 2. The number of hydrogen-bond acceptors (Lipinski definition) is 9. The van der Waals surface area contributed by atoms with E-state index in [1.54, 1.807) is 0 Å². The molecular formula is C25H26IN9O. The predicted molar refractivity (Wildman–Crippen MR) is 144 cm³/mol. The number of anilines is 1. The first-order valence-electron chi connectivity index (χ1n) is 12.0. The standard InChI is InChI=1S/C25H26IN9O/c1-17-27-23(24-28-22(30-36-24)19-6-8-20(26)9-7-19)29-35(17)15-18-4-3-5-21(14-18)34-12-10-33(11-13-34)16-25(2)31-32-25/h3-9,14H,10-13,15-16H2,1-2H3/i26-2. The van der Waals surface area contributed by atoms with Gasteiger partial charge in [0.25, 0.3) is 5.89 Å². The van der Waals surface area contributed by atoms with Crippen molar-refractivity contribution >= 4 is 28.3 Å². The summed E-state index contributed by atoms with van der Waals surface area (Å²) in [6.45, 7) is 9.58. The lowest BCUT2D eigenvalue weighted by Gasteiger charge is -2.36. The van der Waals surface area contributed by atoms with Crippen molar-refractivity contribution in [1.82, 2.24) is 29.8 Å². The monoisotopic (exact) mass is 593 g/mol. The fourth-order valence-corrected chi connectivity index (χ4v) is 4.81. The first kappa shape index (κ1) is 23.2. The van der Waals surface area contributed by atoms with Crippen LogP contribution in [0.5, 0.6) is 0 Å². The SMILES string of the molecule is Cc1nc(-c2nc(-c3ccc([125I])cc3)no2)nn1Cc1cccc(N2CCN(CC3(C)N=N3)CC2)c1. The summed E-state index contributed by atoms with van der Waals surface area (Å²) in [7, 11) is 0. The number of rotatable bonds is 7. The van der Waals surface area contributed by atoms with Gasteiger partial charge < -0.3 is 9.42 Å². The molecule has 36 heavy (non-hydrogen) atoms. The Balaban J connectivity index is 1.13. The third-order valence-electron chi connectivity index (χ3n) is 6.52. The first-order chi connectivity index (χ1) is 17.4. The molecule has 0 amide bonds. The summed E-state index contributed by atoms with van der Waals surface area (Å²) >= 11 is 2.27. The van der Waals surface area contributed by atoms with E-state index < -0.39 is 0 Å². The summed E-state index contributed by atoms with van der Waals surface area (Å²) in [5, 5.41) is 17.1. The van der Waals surface area contributed by atoms with Crippen LogP contribution < -0.4 is 4.90 Å². The lowest BCUT2D eigenvalue weighted by molar-refractivity contribution is 0.235. The van der Waals surface area contributed by atoms with Gasteiger partial charge in [0, 0.05) is 47.5 Å². The summed E-state index contributed by atoms with van der Waals surface area (Å²) in [5.74, 6) is 2.07. The summed E-state index contributed by atoms with van der Waals surface area (Å²) in [5.41, 5.74) is 3.13. The molecule has 11 heteroatoms. The van der Waals surface area contributed by atoms with Crippen LogP contribution in [-0.2, 0) is 6.54 Å². The highest BCUT2D eigenvalue weighted by Gasteiger charge is 2.36. The van der Waals surface area contributed by atoms with Crippen LogP contribution in [0.4, 0.5) is 5.69 Å². The number of halogens is 1. The highest BCUT2D eigenvalue weighted by Crippen LogP contribution is 2.29. The Morgan fingerprint density at radius 1 is 0.972 bits per heavy atom. The van der Waals surface area contributed by atoms with Crippen LogP contribution in [0.25, 0.3) is 23.1 Å². The van der Waals surface area contributed by atoms with Gasteiger partial charge in [0.05, 0.1) is 6.54 Å². The van der Waals surface area contributed by atoms with Gasteiger partial charge in [-0.2, -0.15) is 15.2 Å². The Morgan fingerprint density at radius 2 is 1.75 bits per heavy atom. The molecule has 2 aromatic carbocycles. The topological polar surface area (TPSA) is 101 Å². The minimum atomic E-state index is -0.167. The zero-order chi connectivity index (χ0) is 24.7. The normalized spacial score (nSPS) is 17.0. The fourth-order valence-electron chi connectivity index (χ4n) is 4.45. The van der Waals surface area contributed by atoms with Crippen molar-refractivity contribution < 1.29 is 4.52 Å². The van der Waals surface area contributed by atoms with E-state index in [2.05, 4.69) is 94.0 Å². The van der Waals surface area contributed by atoms with Crippen molar-refractivity contribution in [2.24, 2.45) is 10.2 Å². The first-order valence-corrected chi connectivity index (χ1v) is 13.0. The van der Waals surface area contributed by atoms with E-state index in [0.717, 1.165) is 47.7 Å². The number of aromatic nitrogens is 5. The average molecular weight is 593 g/mol. The van der Waals surface area contributed by atoms with Crippen LogP contribution in [0.15, 0.2) is 63.3 Å². The van der Waals surface area contributed by atoms with Gasteiger partial charge in [-0.1, -0.05) is 29.4 Å². The molecule has 2 aliphatic rings. The molecule has 1 fully saturated rings. The van der Waals surface area contributed by atoms with Gasteiger partial charge in [-0.15, -0.1) is 5.10 Å². The Kier molecular flexibility index (Phi) is 6.04. The van der Waals surface area contributed by atoms with Crippen molar-refractivity contribution in [1.29, 1.82) is 0 Å². The average Bonchev–Trinajstić information content (AvgIpc) is 3.25. The van der Waals surface area contributed by atoms with Gasteiger partial charge in [0.15, 0.2) is 0 Å². The number of nitrogens with zero attached hydrogens (tertiary/aromatic N) is 9. The van der Waals surface area contributed by atoms with E-state index in [1.807, 2.05) is 35.9 Å². The zero-order valence-electron chi connectivity index (χ0n) is 20.2. The smallest absolute Gasteiger partial charge is 0.297 e. The van der Waals surface area contributed by atoms with Gasteiger partial charge >= 0.3 is 0 Å². The Hall–Kier alpha value is -3.19. The lowest BCUT2D eigenvalue weighted by atomic mass is 10.1. The minimum Gasteiger partial charge on any atom is -0.369 e. The molecule has 184 valence electrons. The second-order valence-electron chi connectivity index (χ2n) is 9.42. The van der Waals surface area contributed by atoms with E-state index in [4.69, 9.17) is 4.52 Å². The van der Waals surface area contributed by atoms with Gasteiger partial charge in [-0.05, 0) is 66.3 Å². The molecule has 2 aromatic heterocycles. The molecule has 0 atom stereocenters. The molecule has 1 saturated heterocycles. The highest BCUT2D eigenvalue weighted by atomic mass is 125. The van der Waals surface area contributed by atoms with Gasteiger partial charge in [-0.3, -0.25) is 4.90 Å². The molecule has 10 nitrogen and oxygen atoms in total. The molecule has 0 aliphatic carbocycles. The Morgan fingerprint density at radius 3 is 2.50 bits per heavy atom. The fraction of sp³-hybridized carbons (Fsp3) is 0.360. The predicted octanol–water partition coefficient (Wildman–Crippen LogP) is 4.26. The van der Waals surface area contributed by atoms with Crippen LogP contribution in [0.1, 0.15) is 18.3 Å². The second kappa shape index (κ2) is 9.36. The van der Waals surface area contributed by atoms with Gasteiger partial charge in [-0.25, -0.2) is 9.67 Å². The third kappa shape index (κ3) is 5.03. The minimum absolute atomic E-state index is 0.167. The van der Waals surface area contributed by atoms with Crippen LogP contribution in [0.3, 0.4) is 0 Å². The number of aryl methyl sites for hydroxylation is 1. The second-order valence-corrected chi connectivity index (χ2v) is 10.7. The highest BCUT2D eigenvalue weighted by molar-refractivity contribution is 14.1. The molecular weight excluding hydrogens is 567 g/mol. The van der Waals surface area contributed by atoms with E-state index in [9.17, 15) is 0 Å². The Labute approximate surface area is 222 Å². The van der Waals surface area contributed by atoms with Crippen molar-refractivity contribution in [2.75, 3.05) is 37.6 Å². The van der Waals surface area contributed by atoms with Crippen LogP contribution in [0.2, 0.25) is 0 Å². The molecule has 0 saturated carbocycles. The molecule has 0 unspecified atom stereocenters. The van der Waals surface area contributed by atoms with E-state index >= 15 is 0 Å². The van der Waals surface area contributed by atoms with Crippen molar-refractivity contribution in [3.8, 4) is 23.1 Å². The molecule has 4 aromatic rings. The Bertz CT molecular complexity index is 1400. The number of hydrogen-bond donors (Lipinski definition) is 0. The third-order valence-corrected chi connectivity index (χ3v) is 7.24. The van der Waals surface area contributed by atoms with Crippen LogP contribution in [-0.4, -0.2) is 68.2 Å². The van der Waals surface area contributed by atoms with Crippen molar-refractivity contribution in [2.45, 2.75) is 26.1 Å². The maximum atomic E-state index is 5.47. The molecule has 0 radical (unpaired) electrons. The summed E-state index contributed by atoms with van der Waals surface area (Å²) in [6.07, 6.45) is 0. The van der Waals surface area contributed by atoms with E-state index in [-0.39, 0.29) is 5.66 Å². The molecule has 0 bridgehead atoms. The largest absolute Gasteiger partial charge is 0.369 e. The maximum absolute atomic E-state index is 5.47. The molecule has 0 N–H and O–H groups in total. The van der Waals surface area contributed by atoms with Crippen LogP contribution in [0, 0.1) is 10.5 Å². The van der Waals surface area contributed by atoms with Gasteiger partial charge in [0.1, 0.15) is 5.82 Å². The molecule has 4 heterocycles. The van der Waals surface area contributed by atoms with Crippen LogP contribution >= 0.6 is 22.6 Å². The molecule has 2 aliphatic heterocycles. The number of piperazine rings is 1. The maximum Gasteiger partial charge on any atom is 0.297 e.